The Balaban J connectivity index is 1.00. The maximum absolute atomic E-state index is 14.8. The van der Waals surface area contributed by atoms with E-state index in [0.29, 0.717) is 18.3 Å². The third-order valence-corrected chi connectivity index (χ3v) is 14.6. The van der Waals surface area contributed by atoms with Gasteiger partial charge in [0.15, 0.2) is 0 Å². The van der Waals surface area contributed by atoms with E-state index in [2.05, 4.69) is 74.8 Å². The van der Waals surface area contributed by atoms with Crippen molar-refractivity contribution in [1.29, 1.82) is 0 Å². The Morgan fingerprint density at radius 1 is 0.730 bits per heavy atom. The quantitative estimate of drug-likeness (QED) is 0.0759. The minimum absolute atomic E-state index is 0.0533. The molecule has 63 heavy (non-hydrogen) atoms. The summed E-state index contributed by atoms with van der Waals surface area (Å²) in [5, 5.41) is 9.43. The fourth-order valence-corrected chi connectivity index (χ4v) is 11.3. The molecule has 3 N–H and O–H groups in total. The van der Waals surface area contributed by atoms with Crippen molar-refractivity contribution in [2.45, 2.75) is 95.4 Å². The van der Waals surface area contributed by atoms with Crippen molar-refractivity contribution in [3.05, 3.63) is 167 Å². The van der Waals surface area contributed by atoms with Crippen LogP contribution < -0.4 is 16.0 Å². The van der Waals surface area contributed by atoms with E-state index in [1.165, 1.54) is 0 Å². The summed E-state index contributed by atoms with van der Waals surface area (Å²) in [4.78, 5) is 43.7. The lowest BCUT2D eigenvalue weighted by Crippen LogP contribution is -2.65. The van der Waals surface area contributed by atoms with Crippen LogP contribution in [0.1, 0.15) is 94.0 Å². The van der Waals surface area contributed by atoms with Gasteiger partial charge in [-0.2, -0.15) is 0 Å². The predicted octanol–water partition coefficient (Wildman–Crippen LogP) is 9.19. The first-order chi connectivity index (χ1) is 30.4. The van der Waals surface area contributed by atoms with Gasteiger partial charge >= 0.3 is 13.2 Å². The topological polar surface area (TPSA) is 115 Å². The summed E-state index contributed by atoms with van der Waals surface area (Å²) in [5.74, 6) is -0.587. The minimum atomic E-state index is -1.30. The number of rotatable bonds is 14. The van der Waals surface area contributed by atoms with Crippen molar-refractivity contribution in [3.63, 3.8) is 0 Å². The van der Waals surface area contributed by atoms with Crippen LogP contribution in [0, 0.1) is 23.2 Å². The largest absolute Gasteiger partial charge is 0.481 e. The molecule has 2 bridgehead atoms. The van der Waals surface area contributed by atoms with Crippen molar-refractivity contribution >= 4 is 25.0 Å². The Labute approximate surface area is 371 Å². The third-order valence-electron chi connectivity index (χ3n) is 14.6. The highest BCUT2D eigenvalue weighted by molar-refractivity contribution is 6.48. The number of benzene rings is 5. The molecule has 4 aliphatic carbocycles. The van der Waals surface area contributed by atoms with Gasteiger partial charge in [0, 0.05) is 5.92 Å². The minimum Gasteiger partial charge on any atom is -0.449 e. The molecule has 0 spiro atoms. The fourth-order valence-electron chi connectivity index (χ4n) is 11.3. The second kappa shape index (κ2) is 17.1. The summed E-state index contributed by atoms with van der Waals surface area (Å²) in [6.07, 6.45) is 1.35. The van der Waals surface area contributed by atoms with Gasteiger partial charge in [-0.05, 0) is 88.3 Å². The first kappa shape index (κ1) is 42.6. The Bertz CT molecular complexity index is 2300. The molecule has 1 aliphatic heterocycles. The van der Waals surface area contributed by atoms with Crippen LogP contribution in [0.2, 0.25) is 0 Å². The number of carbonyl (C=O) groups excluding carboxylic acids is 3. The van der Waals surface area contributed by atoms with Crippen LogP contribution in [0.3, 0.4) is 0 Å². The molecule has 3 saturated carbocycles. The van der Waals surface area contributed by atoms with Crippen molar-refractivity contribution in [2.75, 3.05) is 6.61 Å². The second-order valence-electron chi connectivity index (χ2n) is 19.2. The molecule has 5 aromatic rings. The summed E-state index contributed by atoms with van der Waals surface area (Å²) in [6.45, 7) is 11.1. The molecule has 6 atom stereocenters. The van der Waals surface area contributed by atoms with Gasteiger partial charge in [0.1, 0.15) is 18.2 Å². The van der Waals surface area contributed by atoms with Crippen molar-refractivity contribution < 1.29 is 28.4 Å². The molecule has 1 heterocycles. The van der Waals surface area contributed by atoms with Gasteiger partial charge in [-0.3, -0.25) is 9.59 Å². The number of ether oxygens (including phenoxy) is 1. The van der Waals surface area contributed by atoms with E-state index in [1.807, 2.05) is 115 Å². The van der Waals surface area contributed by atoms with E-state index < -0.39 is 48.1 Å². The Morgan fingerprint density at radius 2 is 1.25 bits per heavy atom. The van der Waals surface area contributed by atoms with Gasteiger partial charge in [0.05, 0.1) is 24.1 Å². The van der Waals surface area contributed by atoms with Crippen LogP contribution in [0.5, 0.6) is 0 Å². The average molecular weight is 844 g/mol. The number of fused-ring (bicyclic) bond motifs is 3. The second-order valence-corrected chi connectivity index (χ2v) is 19.2. The SMILES string of the molecule is CC(C)C[C@H](NC(=O)[C@@H](CC(=O)NC(c1ccccc1)(c1ccccc1)c1ccccc1)NC(=O)OCC1c2ccccc2-c2ccccc21)B1O[C@@H]2C[C@@H]3C[C@@H](C3(C)C)[C@]2(C)O1. The molecule has 324 valence electrons. The van der Waals surface area contributed by atoms with Gasteiger partial charge in [-0.1, -0.05) is 167 Å². The number of hydrogen-bond acceptors (Lipinski definition) is 6. The number of alkyl carbamates (subject to hydrolysis) is 1. The first-order valence-electron chi connectivity index (χ1n) is 22.6. The zero-order valence-electron chi connectivity index (χ0n) is 36.9. The molecule has 1 saturated heterocycles. The molecule has 3 amide bonds. The van der Waals surface area contributed by atoms with Crippen LogP contribution in [0.15, 0.2) is 140 Å². The van der Waals surface area contributed by atoms with Gasteiger partial charge in [0.2, 0.25) is 11.8 Å². The summed E-state index contributed by atoms with van der Waals surface area (Å²) in [7, 11) is -0.688. The molecule has 9 nitrogen and oxygen atoms in total. The lowest BCUT2D eigenvalue weighted by Gasteiger charge is -2.64. The molecule has 0 aromatic heterocycles. The van der Waals surface area contributed by atoms with Crippen LogP contribution in [0.25, 0.3) is 11.1 Å². The van der Waals surface area contributed by atoms with E-state index in [9.17, 15) is 14.4 Å². The van der Waals surface area contributed by atoms with Gasteiger partial charge < -0.3 is 30.0 Å². The number of hydrogen-bond donors (Lipinski definition) is 3. The molecule has 5 aliphatic rings. The van der Waals surface area contributed by atoms with E-state index in [-0.39, 0.29) is 36.4 Å². The normalized spacial score (nSPS) is 22.8. The maximum Gasteiger partial charge on any atom is 0.481 e. The fraction of sp³-hybridized carbons (Fsp3) is 0.377. The van der Waals surface area contributed by atoms with Crippen LogP contribution in [-0.4, -0.2) is 55.3 Å². The molecule has 0 radical (unpaired) electrons. The Morgan fingerprint density at radius 3 is 1.78 bits per heavy atom. The standard InChI is InChI=1S/C53H58BN3O6/c1-34(2)29-47(54-62-46-31-38-30-45(51(38,3)4)52(46,5)63-54)56-49(59)44(55-50(60)61-33-43-41-27-17-15-25-39(41)40-26-16-18-28-42(40)43)32-48(58)57-53(35-19-9-6-10-20-35,36-21-11-7-12-22-36)37-23-13-8-14-24-37/h6-28,34,38,43-47H,29-33H2,1-5H3,(H,55,60)(H,56,59)(H,57,58)/t38-,44+,45-,46+,47-,52-/m0/s1. The molecule has 0 unspecified atom stereocenters. The highest BCUT2D eigenvalue weighted by Gasteiger charge is 2.68. The van der Waals surface area contributed by atoms with E-state index in [1.54, 1.807) is 0 Å². The third kappa shape index (κ3) is 7.86. The number of amides is 3. The molecule has 5 aromatic carbocycles. The van der Waals surface area contributed by atoms with Crippen molar-refractivity contribution in [2.24, 2.45) is 23.2 Å². The lowest BCUT2D eigenvalue weighted by atomic mass is 9.43. The van der Waals surface area contributed by atoms with Gasteiger partial charge in [0.25, 0.3) is 0 Å². The zero-order chi connectivity index (χ0) is 43.9. The number of nitrogens with one attached hydrogen (secondary N) is 3. The molecule has 10 heteroatoms. The van der Waals surface area contributed by atoms with Gasteiger partial charge in [-0.25, -0.2) is 4.79 Å². The smallest absolute Gasteiger partial charge is 0.449 e. The average Bonchev–Trinajstić information content (AvgIpc) is 3.82. The molecule has 4 fully saturated rings. The Kier molecular flexibility index (Phi) is 11.6. The van der Waals surface area contributed by atoms with Crippen LogP contribution in [-0.2, 0) is 29.2 Å². The highest BCUT2D eigenvalue weighted by Crippen LogP contribution is 2.65. The summed E-state index contributed by atoms with van der Waals surface area (Å²) >= 11 is 0. The number of carbonyl (C=O) groups is 3. The first-order valence-corrected chi connectivity index (χ1v) is 22.6. The zero-order valence-corrected chi connectivity index (χ0v) is 36.9. The van der Waals surface area contributed by atoms with E-state index >= 15 is 0 Å². The molecule has 10 rings (SSSR count). The van der Waals surface area contributed by atoms with E-state index in [4.69, 9.17) is 14.0 Å². The van der Waals surface area contributed by atoms with Gasteiger partial charge in [-0.15, -0.1) is 0 Å². The maximum atomic E-state index is 14.8. The summed E-state index contributed by atoms with van der Waals surface area (Å²) in [5.41, 5.74) is 5.42. The monoisotopic (exact) mass is 843 g/mol. The van der Waals surface area contributed by atoms with Crippen molar-refractivity contribution in [1.82, 2.24) is 16.0 Å². The van der Waals surface area contributed by atoms with Crippen LogP contribution >= 0.6 is 0 Å². The van der Waals surface area contributed by atoms with Crippen LogP contribution in [0.4, 0.5) is 4.79 Å². The summed E-state index contributed by atoms with van der Waals surface area (Å²) in [6, 6.07) is 44.4. The highest BCUT2D eigenvalue weighted by atomic mass is 16.7. The Hall–Kier alpha value is -5.71. The molecular weight excluding hydrogens is 785 g/mol. The van der Waals surface area contributed by atoms with Crippen molar-refractivity contribution in [3.8, 4) is 11.1 Å². The molecular formula is C53H58BN3O6. The van der Waals surface area contributed by atoms with E-state index in [0.717, 1.165) is 51.8 Å². The summed E-state index contributed by atoms with van der Waals surface area (Å²) < 4.78 is 19.6. The lowest BCUT2D eigenvalue weighted by molar-refractivity contribution is -0.199. The predicted molar refractivity (Wildman–Crippen MR) is 245 cm³/mol.